The molecule has 0 aromatic heterocycles. The molecule has 0 radical (unpaired) electrons. The predicted octanol–water partition coefficient (Wildman–Crippen LogP) is 4.25. The first-order valence-electron chi connectivity index (χ1n) is 6.77. The van der Waals surface area contributed by atoms with Gasteiger partial charge in [-0.25, -0.2) is 4.39 Å². The summed E-state index contributed by atoms with van der Waals surface area (Å²) < 4.78 is 19.3. The van der Waals surface area contributed by atoms with Gasteiger partial charge in [0, 0.05) is 17.6 Å². The Morgan fingerprint density at radius 1 is 0.950 bits per heavy atom. The van der Waals surface area contributed by atoms with Crippen molar-refractivity contribution in [3.8, 4) is 5.75 Å². The largest absolute Gasteiger partial charge is 0.496 e. The lowest BCUT2D eigenvalue weighted by Gasteiger charge is -2.22. The highest BCUT2D eigenvalue weighted by atomic mass is 19.1. The summed E-state index contributed by atoms with van der Waals surface area (Å²) in [6.07, 6.45) is 0. The molecule has 2 unspecified atom stereocenters. The van der Waals surface area contributed by atoms with Gasteiger partial charge in [-0.2, -0.15) is 0 Å². The van der Waals surface area contributed by atoms with Crippen LogP contribution in [0.2, 0.25) is 0 Å². The van der Waals surface area contributed by atoms with Gasteiger partial charge in [0.25, 0.3) is 0 Å². The van der Waals surface area contributed by atoms with E-state index >= 15 is 0 Å². The molecule has 0 saturated carbocycles. The smallest absolute Gasteiger partial charge is 0.131 e. The Hall–Kier alpha value is -1.87. The van der Waals surface area contributed by atoms with Gasteiger partial charge in [0.2, 0.25) is 0 Å². The molecular formula is C17H20FNO. The zero-order chi connectivity index (χ0) is 14.5. The van der Waals surface area contributed by atoms with E-state index < -0.39 is 0 Å². The minimum atomic E-state index is -0.246. The minimum Gasteiger partial charge on any atom is -0.496 e. The summed E-state index contributed by atoms with van der Waals surface area (Å²) in [5.74, 6) is 0.329. The van der Waals surface area contributed by atoms with Crippen LogP contribution in [0, 0.1) is 5.82 Å². The zero-order valence-electron chi connectivity index (χ0n) is 12.1. The van der Waals surface area contributed by atoms with Crippen LogP contribution in [0.25, 0.3) is 0 Å². The molecule has 20 heavy (non-hydrogen) atoms. The minimum absolute atomic E-state index is 0.135. The van der Waals surface area contributed by atoms with Gasteiger partial charge in [-0.1, -0.05) is 36.4 Å². The Kier molecular flexibility index (Phi) is 4.74. The Bertz CT molecular complexity index is 556. The molecule has 2 aromatic rings. The molecule has 0 amide bonds. The monoisotopic (exact) mass is 273 g/mol. The molecular weight excluding hydrogens is 253 g/mol. The number of hydrogen-bond donors (Lipinski definition) is 1. The number of nitrogens with one attached hydrogen (secondary N) is 1. The first kappa shape index (κ1) is 14.5. The maximum absolute atomic E-state index is 14.0. The average Bonchev–Trinajstić information content (AvgIpc) is 2.47. The van der Waals surface area contributed by atoms with Gasteiger partial charge in [-0.3, -0.25) is 0 Å². The molecule has 0 aliphatic heterocycles. The van der Waals surface area contributed by atoms with Crippen molar-refractivity contribution < 1.29 is 9.13 Å². The van der Waals surface area contributed by atoms with E-state index in [1.807, 2.05) is 25.1 Å². The van der Waals surface area contributed by atoms with Gasteiger partial charge in [-0.15, -0.1) is 0 Å². The van der Waals surface area contributed by atoms with E-state index in [-0.39, 0.29) is 17.9 Å². The predicted molar refractivity (Wildman–Crippen MR) is 79.4 cm³/mol. The maximum Gasteiger partial charge on any atom is 0.131 e. The van der Waals surface area contributed by atoms with Crippen molar-refractivity contribution in [2.24, 2.45) is 0 Å². The molecule has 2 aromatic carbocycles. The number of rotatable bonds is 5. The Morgan fingerprint density at radius 3 is 2.30 bits per heavy atom. The summed E-state index contributed by atoms with van der Waals surface area (Å²) in [4.78, 5) is 0. The van der Waals surface area contributed by atoms with Gasteiger partial charge < -0.3 is 10.1 Å². The average molecular weight is 273 g/mol. The number of benzene rings is 2. The maximum atomic E-state index is 14.0. The van der Waals surface area contributed by atoms with Crippen molar-refractivity contribution in [1.29, 1.82) is 0 Å². The van der Waals surface area contributed by atoms with Gasteiger partial charge in [-0.05, 0) is 31.5 Å². The van der Waals surface area contributed by atoms with Gasteiger partial charge >= 0.3 is 0 Å². The van der Waals surface area contributed by atoms with Crippen LogP contribution in [0.3, 0.4) is 0 Å². The second-order valence-electron chi connectivity index (χ2n) is 4.88. The van der Waals surface area contributed by atoms with Crippen LogP contribution in [-0.2, 0) is 0 Å². The topological polar surface area (TPSA) is 21.3 Å². The third-order valence-corrected chi connectivity index (χ3v) is 3.47. The summed E-state index contributed by atoms with van der Waals surface area (Å²) in [7, 11) is 1.56. The molecule has 0 aliphatic rings. The van der Waals surface area contributed by atoms with Crippen molar-refractivity contribution in [1.82, 2.24) is 5.32 Å². The van der Waals surface area contributed by atoms with Crippen LogP contribution >= 0.6 is 0 Å². The second kappa shape index (κ2) is 6.53. The molecule has 0 heterocycles. The van der Waals surface area contributed by atoms with Gasteiger partial charge in [0.15, 0.2) is 0 Å². The van der Waals surface area contributed by atoms with Crippen LogP contribution in [0.15, 0.2) is 48.5 Å². The van der Waals surface area contributed by atoms with Crippen molar-refractivity contribution in [3.05, 3.63) is 65.5 Å². The fourth-order valence-electron chi connectivity index (χ4n) is 2.41. The van der Waals surface area contributed by atoms with Crippen molar-refractivity contribution >= 4 is 0 Å². The lowest BCUT2D eigenvalue weighted by molar-refractivity contribution is 0.387. The number of ether oxygens (including phenoxy) is 1. The van der Waals surface area contributed by atoms with Crippen LogP contribution in [0.5, 0.6) is 5.75 Å². The molecule has 106 valence electrons. The van der Waals surface area contributed by atoms with Crippen LogP contribution in [0.4, 0.5) is 4.39 Å². The van der Waals surface area contributed by atoms with E-state index in [0.717, 1.165) is 0 Å². The Morgan fingerprint density at radius 2 is 1.65 bits per heavy atom. The van der Waals surface area contributed by atoms with E-state index in [9.17, 15) is 4.39 Å². The molecule has 0 spiro atoms. The highest BCUT2D eigenvalue weighted by molar-refractivity contribution is 5.37. The molecule has 0 fully saturated rings. The summed E-state index contributed by atoms with van der Waals surface area (Å²) in [6, 6.07) is 15.0. The van der Waals surface area contributed by atoms with E-state index in [0.29, 0.717) is 11.3 Å². The molecule has 0 aliphatic carbocycles. The van der Waals surface area contributed by atoms with Crippen LogP contribution in [0.1, 0.15) is 37.1 Å². The van der Waals surface area contributed by atoms with Gasteiger partial charge in [0.05, 0.1) is 7.11 Å². The normalized spacial score (nSPS) is 13.8. The quantitative estimate of drug-likeness (QED) is 0.879. The Labute approximate surface area is 119 Å². The fourth-order valence-corrected chi connectivity index (χ4v) is 2.41. The highest BCUT2D eigenvalue weighted by Gasteiger charge is 2.18. The summed E-state index contributed by atoms with van der Waals surface area (Å²) in [6.45, 7) is 4.01. The summed E-state index contributed by atoms with van der Waals surface area (Å²) >= 11 is 0. The SMILES string of the molecule is COc1cccc(F)c1C(C)NC(C)c1ccccc1. The van der Waals surface area contributed by atoms with E-state index in [4.69, 9.17) is 4.74 Å². The van der Waals surface area contributed by atoms with E-state index in [1.54, 1.807) is 19.2 Å². The zero-order valence-corrected chi connectivity index (χ0v) is 12.1. The van der Waals surface area contributed by atoms with E-state index in [1.165, 1.54) is 11.6 Å². The molecule has 2 rings (SSSR count). The molecule has 2 nitrogen and oxygen atoms in total. The van der Waals surface area contributed by atoms with Crippen molar-refractivity contribution in [2.75, 3.05) is 7.11 Å². The molecule has 0 bridgehead atoms. The molecule has 0 saturated heterocycles. The van der Waals surface area contributed by atoms with Crippen LogP contribution in [-0.4, -0.2) is 7.11 Å². The molecule has 2 atom stereocenters. The fraction of sp³-hybridized carbons (Fsp3) is 0.294. The summed E-state index contributed by atoms with van der Waals surface area (Å²) in [5, 5.41) is 3.41. The first-order valence-corrected chi connectivity index (χ1v) is 6.77. The third-order valence-electron chi connectivity index (χ3n) is 3.47. The lowest BCUT2D eigenvalue weighted by Crippen LogP contribution is -2.23. The van der Waals surface area contributed by atoms with Crippen molar-refractivity contribution in [2.45, 2.75) is 25.9 Å². The van der Waals surface area contributed by atoms with Crippen molar-refractivity contribution in [3.63, 3.8) is 0 Å². The van der Waals surface area contributed by atoms with Gasteiger partial charge in [0.1, 0.15) is 11.6 Å². The molecule has 1 N–H and O–H groups in total. The summed E-state index contributed by atoms with van der Waals surface area (Å²) in [5.41, 5.74) is 1.74. The first-order chi connectivity index (χ1) is 9.63. The number of hydrogen-bond acceptors (Lipinski definition) is 2. The number of halogens is 1. The van der Waals surface area contributed by atoms with Crippen LogP contribution < -0.4 is 10.1 Å². The number of methoxy groups -OCH3 is 1. The standard InChI is InChI=1S/C17H20FNO/c1-12(14-8-5-4-6-9-14)19-13(2)17-15(18)10-7-11-16(17)20-3/h4-13,19H,1-3H3. The third kappa shape index (κ3) is 3.17. The second-order valence-corrected chi connectivity index (χ2v) is 4.88. The molecule has 3 heteroatoms. The highest BCUT2D eigenvalue weighted by Crippen LogP contribution is 2.29. The Balaban J connectivity index is 2.18. The lowest BCUT2D eigenvalue weighted by atomic mass is 10.0. The van der Waals surface area contributed by atoms with E-state index in [2.05, 4.69) is 24.4 Å².